The number of para-hydroxylation sites is 1. The van der Waals surface area contributed by atoms with Gasteiger partial charge in [-0.25, -0.2) is 4.79 Å². The topological polar surface area (TPSA) is 99.9 Å². The summed E-state index contributed by atoms with van der Waals surface area (Å²) >= 11 is 0. The highest BCUT2D eigenvalue weighted by Gasteiger charge is 2.32. The van der Waals surface area contributed by atoms with Crippen LogP contribution in [0.2, 0.25) is 0 Å². The van der Waals surface area contributed by atoms with E-state index in [2.05, 4.69) is 10.5 Å². The third kappa shape index (κ3) is 4.62. The van der Waals surface area contributed by atoms with Crippen LogP contribution in [0, 0.1) is 6.92 Å². The highest BCUT2D eigenvalue weighted by atomic mass is 16.6. The Balaban J connectivity index is 1.55. The van der Waals surface area contributed by atoms with Crippen molar-refractivity contribution in [3.8, 4) is 11.5 Å². The molecule has 1 N–H and O–H groups in total. The van der Waals surface area contributed by atoms with Crippen molar-refractivity contribution in [1.82, 2.24) is 5.16 Å². The molecule has 0 saturated carbocycles. The van der Waals surface area contributed by atoms with Crippen molar-refractivity contribution in [3.05, 3.63) is 35.6 Å². The van der Waals surface area contributed by atoms with Crippen molar-refractivity contribution in [2.24, 2.45) is 0 Å². The van der Waals surface area contributed by atoms with Crippen LogP contribution in [0.15, 0.2) is 28.8 Å². The van der Waals surface area contributed by atoms with Gasteiger partial charge in [-0.2, -0.15) is 0 Å². The molecule has 0 saturated heterocycles. The second kappa shape index (κ2) is 7.92. The molecule has 8 nitrogen and oxygen atoms in total. The second-order valence-electron chi connectivity index (χ2n) is 7.27. The molecular formula is C20H24N2O6. The molecule has 1 amide bonds. The summed E-state index contributed by atoms with van der Waals surface area (Å²) in [6, 6.07) is 7.14. The van der Waals surface area contributed by atoms with Crippen molar-refractivity contribution in [2.75, 3.05) is 11.9 Å². The van der Waals surface area contributed by atoms with Gasteiger partial charge in [0.1, 0.15) is 11.4 Å². The maximum atomic E-state index is 12.3. The van der Waals surface area contributed by atoms with Gasteiger partial charge in [0.05, 0.1) is 0 Å². The fourth-order valence-electron chi connectivity index (χ4n) is 2.98. The number of hydrogen-bond donors (Lipinski definition) is 1. The largest absolute Gasteiger partial charge is 0.483 e. The van der Waals surface area contributed by atoms with Gasteiger partial charge in [-0.05, 0) is 33.3 Å². The number of carbonyl (C=O) groups is 2. The number of benzene rings is 1. The summed E-state index contributed by atoms with van der Waals surface area (Å²) in [5.41, 5.74) is 0.720. The lowest BCUT2D eigenvalue weighted by Gasteiger charge is -2.18. The zero-order chi connectivity index (χ0) is 20.3. The van der Waals surface area contributed by atoms with E-state index >= 15 is 0 Å². The monoisotopic (exact) mass is 388 g/mol. The first-order chi connectivity index (χ1) is 13.3. The van der Waals surface area contributed by atoms with E-state index in [-0.39, 0.29) is 18.0 Å². The zero-order valence-corrected chi connectivity index (χ0v) is 16.4. The number of aryl methyl sites for hydroxylation is 1. The summed E-state index contributed by atoms with van der Waals surface area (Å²) < 4.78 is 21.6. The summed E-state index contributed by atoms with van der Waals surface area (Å²) in [7, 11) is 0. The third-order valence-electron chi connectivity index (χ3n) is 4.22. The predicted octanol–water partition coefficient (Wildman–Crippen LogP) is 3.04. The number of hydrogen-bond acceptors (Lipinski definition) is 7. The Kier molecular flexibility index (Phi) is 5.58. The number of nitrogens with one attached hydrogen (secondary N) is 1. The van der Waals surface area contributed by atoms with Crippen LogP contribution < -0.4 is 14.8 Å². The molecule has 8 heteroatoms. The first-order valence-electron chi connectivity index (χ1n) is 9.15. The minimum absolute atomic E-state index is 0.271. The van der Waals surface area contributed by atoms with Crippen LogP contribution in [0.1, 0.15) is 38.5 Å². The third-order valence-corrected chi connectivity index (χ3v) is 4.22. The highest BCUT2D eigenvalue weighted by Crippen LogP contribution is 2.41. The summed E-state index contributed by atoms with van der Waals surface area (Å²) in [6.45, 7) is 7.11. The lowest BCUT2D eigenvalue weighted by Crippen LogP contribution is -2.33. The van der Waals surface area contributed by atoms with Gasteiger partial charge in [0, 0.05) is 18.1 Å². The van der Waals surface area contributed by atoms with E-state index in [0.717, 1.165) is 12.0 Å². The standard InChI is InChI=1S/C20H24N2O6/c1-5-14(19(24)21-16-9-12(2)28-22-16)26-17(23)11-25-15-8-6-7-13-10-20(3,4)27-18(13)15/h6-9,14H,5,10-11H2,1-4H3,(H,21,22,24). The van der Waals surface area contributed by atoms with Crippen LogP contribution in [0.4, 0.5) is 5.82 Å². The van der Waals surface area contributed by atoms with E-state index in [1.54, 1.807) is 26.0 Å². The Bertz CT molecular complexity index is 873. The van der Waals surface area contributed by atoms with Gasteiger partial charge in [-0.3, -0.25) is 4.79 Å². The van der Waals surface area contributed by atoms with E-state index in [1.165, 1.54) is 0 Å². The van der Waals surface area contributed by atoms with Gasteiger partial charge in [0.15, 0.2) is 30.0 Å². The average Bonchev–Trinajstić information content (AvgIpc) is 3.18. The summed E-state index contributed by atoms with van der Waals surface area (Å²) in [4.78, 5) is 24.4. The quantitative estimate of drug-likeness (QED) is 0.728. The molecule has 0 aliphatic carbocycles. The summed E-state index contributed by atoms with van der Waals surface area (Å²) in [6.07, 6.45) is 0.125. The molecule has 1 aromatic carbocycles. The molecule has 0 radical (unpaired) electrons. The number of nitrogens with zero attached hydrogens (tertiary/aromatic N) is 1. The SMILES string of the molecule is CCC(OC(=O)COc1cccc2c1OC(C)(C)C2)C(=O)Nc1cc(C)on1. The van der Waals surface area contributed by atoms with Gasteiger partial charge < -0.3 is 24.1 Å². The van der Waals surface area contributed by atoms with Crippen LogP contribution in [0.3, 0.4) is 0 Å². The van der Waals surface area contributed by atoms with Crippen LogP contribution in [-0.2, 0) is 20.7 Å². The lowest BCUT2D eigenvalue weighted by molar-refractivity contribution is -0.156. The molecule has 28 heavy (non-hydrogen) atoms. The fourth-order valence-corrected chi connectivity index (χ4v) is 2.98. The number of carbonyl (C=O) groups excluding carboxylic acids is 2. The van der Waals surface area contributed by atoms with E-state index in [0.29, 0.717) is 23.7 Å². The molecule has 2 heterocycles. The maximum absolute atomic E-state index is 12.3. The number of rotatable bonds is 7. The summed E-state index contributed by atoms with van der Waals surface area (Å²) in [5.74, 6) is 0.840. The number of amides is 1. The van der Waals surface area contributed by atoms with Crippen molar-refractivity contribution in [1.29, 1.82) is 0 Å². The van der Waals surface area contributed by atoms with Crippen molar-refractivity contribution in [3.63, 3.8) is 0 Å². The van der Waals surface area contributed by atoms with Crippen LogP contribution in [-0.4, -0.2) is 35.3 Å². The fraction of sp³-hybridized carbons (Fsp3) is 0.450. The van der Waals surface area contributed by atoms with E-state index in [1.807, 2.05) is 26.0 Å². The van der Waals surface area contributed by atoms with Crippen LogP contribution in [0.25, 0.3) is 0 Å². The van der Waals surface area contributed by atoms with Crippen molar-refractivity contribution in [2.45, 2.75) is 52.2 Å². The number of ether oxygens (including phenoxy) is 3. The van der Waals surface area contributed by atoms with Crippen LogP contribution in [0.5, 0.6) is 11.5 Å². The molecule has 0 fully saturated rings. The highest BCUT2D eigenvalue weighted by molar-refractivity contribution is 5.94. The molecule has 0 spiro atoms. The molecule has 1 aliphatic heterocycles. The van der Waals surface area contributed by atoms with Crippen molar-refractivity contribution < 1.29 is 28.3 Å². The van der Waals surface area contributed by atoms with E-state index < -0.39 is 18.0 Å². The summed E-state index contributed by atoms with van der Waals surface area (Å²) in [5, 5.41) is 6.24. The van der Waals surface area contributed by atoms with Gasteiger partial charge in [-0.1, -0.05) is 24.2 Å². The minimum atomic E-state index is -0.954. The van der Waals surface area contributed by atoms with E-state index in [4.69, 9.17) is 18.7 Å². The minimum Gasteiger partial charge on any atom is -0.483 e. The normalized spacial score (nSPS) is 15.3. The first-order valence-corrected chi connectivity index (χ1v) is 9.15. The molecule has 150 valence electrons. The van der Waals surface area contributed by atoms with Gasteiger partial charge in [0.2, 0.25) is 0 Å². The molecule has 1 atom stereocenters. The number of anilines is 1. The van der Waals surface area contributed by atoms with Gasteiger partial charge >= 0.3 is 5.97 Å². The maximum Gasteiger partial charge on any atom is 0.344 e. The predicted molar refractivity (Wildman–Crippen MR) is 100 cm³/mol. The molecular weight excluding hydrogens is 364 g/mol. The Labute approximate surface area is 163 Å². The number of fused-ring (bicyclic) bond motifs is 1. The second-order valence-corrected chi connectivity index (χ2v) is 7.27. The molecule has 1 aliphatic rings. The van der Waals surface area contributed by atoms with Crippen molar-refractivity contribution >= 4 is 17.7 Å². The smallest absolute Gasteiger partial charge is 0.344 e. The Morgan fingerprint density at radius 3 is 2.82 bits per heavy atom. The zero-order valence-electron chi connectivity index (χ0n) is 16.4. The Morgan fingerprint density at radius 2 is 2.14 bits per heavy atom. The molecule has 1 unspecified atom stereocenters. The Hall–Kier alpha value is -3.03. The van der Waals surface area contributed by atoms with E-state index in [9.17, 15) is 9.59 Å². The Morgan fingerprint density at radius 1 is 1.36 bits per heavy atom. The van der Waals surface area contributed by atoms with Gasteiger partial charge in [0.25, 0.3) is 5.91 Å². The van der Waals surface area contributed by atoms with Crippen LogP contribution >= 0.6 is 0 Å². The lowest BCUT2D eigenvalue weighted by atomic mass is 10.0. The first kappa shape index (κ1) is 19.7. The molecule has 2 aromatic rings. The molecule has 3 rings (SSSR count). The molecule has 1 aromatic heterocycles. The average molecular weight is 388 g/mol. The van der Waals surface area contributed by atoms with Gasteiger partial charge in [-0.15, -0.1) is 0 Å². The number of esters is 1. The number of aromatic nitrogens is 1. The molecule has 0 bridgehead atoms.